The number of unbranched alkanes of at least 4 members (excludes halogenated alkanes) is 5. The first-order valence-corrected chi connectivity index (χ1v) is 6.53. The van der Waals surface area contributed by atoms with Crippen molar-refractivity contribution in [2.75, 3.05) is 0 Å². The molecule has 0 N–H and O–H groups in total. The molecule has 1 rings (SSSR count). The molecule has 0 aliphatic rings. The fourth-order valence-electron chi connectivity index (χ4n) is 1.91. The Kier molecular flexibility index (Phi) is 6.53. The van der Waals surface area contributed by atoms with Crippen molar-refractivity contribution in [3.63, 3.8) is 0 Å². The summed E-state index contributed by atoms with van der Waals surface area (Å²) in [5.74, 6) is 0. The van der Waals surface area contributed by atoms with Crippen molar-refractivity contribution in [1.82, 2.24) is 0 Å². The van der Waals surface area contributed by atoms with Crippen LogP contribution in [0.3, 0.4) is 0 Å². The third kappa shape index (κ3) is 5.62. The molecule has 0 saturated heterocycles. The van der Waals surface area contributed by atoms with Crippen LogP contribution >= 0.6 is 0 Å². The van der Waals surface area contributed by atoms with Crippen molar-refractivity contribution in [3.8, 4) is 0 Å². The van der Waals surface area contributed by atoms with Crippen LogP contribution < -0.4 is 0 Å². The molecule has 0 amide bonds. The van der Waals surface area contributed by atoms with Gasteiger partial charge in [0.05, 0.1) is 5.56 Å². The normalized spacial score (nSPS) is 10.5. The monoisotopic (exact) mass is 236 g/mol. The van der Waals surface area contributed by atoms with Gasteiger partial charge < -0.3 is 0 Å². The van der Waals surface area contributed by atoms with E-state index in [1.54, 1.807) is 12.1 Å². The molecule has 0 radical (unpaired) electrons. The number of carbonyl (C=O) groups is 1. The minimum absolute atomic E-state index is 0.150. The summed E-state index contributed by atoms with van der Waals surface area (Å²) < 4.78 is 12.4. The molecule has 0 aromatic heterocycles. The summed E-state index contributed by atoms with van der Waals surface area (Å²) in [6.07, 6.45) is 8.68. The van der Waals surface area contributed by atoms with Gasteiger partial charge in [-0.05, 0) is 30.5 Å². The Hall–Kier alpha value is -1.18. The number of hydrogen-bond acceptors (Lipinski definition) is 1. The molecule has 0 atom stereocenters. The van der Waals surface area contributed by atoms with Gasteiger partial charge in [-0.2, -0.15) is 4.39 Å². The maximum absolute atomic E-state index is 12.4. The first kappa shape index (κ1) is 13.9. The van der Waals surface area contributed by atoms with Crippen molar-refractivity contribution in [2.45, 2.75) is 51.9 Å². The van der Waals surface area contributed by atoms with Crippen LogP contribution in [0.4, 0.5) is 4.39 Å². The number of hydrogen-bond donors (Lipinski definition) is 0. The van der Waals surface area contributed by atoms with E-state index in [0.29, 0.717) is 0 Å². The zero-order chi connectivity index (χ0) is 12.5. The fraction of sp³-hybridized carbons (Fsp3) is 0.533. The van der Waals surface area contributed by atoms with Crippen LogP contribution in [0, 0.1) is 0 Å². The highest BCUT2D eigenvalue weighted by Gasteiger charge is 2.02. The summed E-state index contributed by atoms with van der Waals surface area (Å²) in [4.78, 5) is 10.5. The minimum atomic E-state index is -1.35. The van der Waals surface area contributed by atoms with Crippen LogP contribution in [0.5, 0.6) is 0 Å². The molecule has 1 aromatic carbocycles. The van der Waals surface area contributed by atoms with Crippen molar-refractivity contribution in [3.05, 3.63) is 35.4 Å². The molecule has 17 heavy (non-hydrogen) atoms. The predicted molar refractivity (Wildman–Crippen MR) is 69.0 cm³/mol. The largest absolute Gasteiger partial charge is 0.332 e. The number of carbonyl (C=O) groups excluding carboxylic acids is 1. The molecule has 0 bridgehead atoms. The van der Waals surface area contributed by atoms with E-state index in [-0.39, 0.29) is 5.56 Å². The van der Waals surface area contributed by atoms with Crippen LogP contribution in [-0.4, -0.2) is 6.04 Å². The summed E-state index contributed by atoms with van der Waals surface area (Å²) in [6, 6.07) is 5.47. The molecule has 1 aromatic rings. The van der Waals surface area contributed by atoms with E-state index in [9.17, 15) is 9.18 Å². The number of halogens is 1. The molecule has 0 spiro atoms. The van der Waals surface area contributed by atoms with Gasteiger partial charge in [0, 0.05) is 0 Å². The van der Waals surface area contributed by atoms with Crippen molar-refractivity contribution < 1.29 is 9.18 Å². The SMILES string of the molecule is CCCCCCCCc1ccc(C(=O)F)cc1. The lowest BCUT2D eigenvalue weighted by atomic mass is 10.0. The van der Waals surface area contributed by atoms with Crippen molar-refractivity contribution >= 4 is 6.04 Å². The second-order valence-electron chi connectivity index (χ2n) is 4.49. The number of rotatable bonds is 8. The lowest BCUT2D eigenvalue weighted by molar-refractivity contribution is 0.0836. The van der Waals surface area contributed by atoms with E-state index in [1.807, 2.05) is 12.1 Å². The maximum Gasteiger partial charge on any atom is 0.332 e. The van der Waals surface area contributed by atoms with Crippen molar-refractivity contribution in [2.24, 2.45) is 0 Å². The summed E-state index contributed by atoms with van der Waals surface area (Å²) in [6.45, 7) is 2.22. The topological polar surface area (TPSA) is 17.1 Å². The third-order valence-corrected chi connectivity index (χ3v) is 3.00. The summed E-state index contributed by atoms with van der Waals surface area (Å²) in [7, 11) is 0. The minimum Gasteiger partial charge on any atom is -0.255 e. The quantitative estimate of drug-likeness (QED) is 0.472. The lowest BCUT2D eigenvalue weighted by Gasteiger charge is -2.02. The average Bonchev–Trinajstić information content (AvgIpc) is 2.34. The average molecular weight is 236 g/mol. The molecular formula is C15H21FO. The highest BCUT2D eigenvalue weighted by molar-refractivity contribution is 5.88. The zero-order valence-corrected chi connectivity index (χ0v) is 10.5. The third-order valence-electron chi connectivity index (χ3n) is 3.00. The fourth-order valence-corrected chi connectivity index (χ4v) is 1.91. The van der Waals surface area contributed by atoms with E-state index >= 15 is 0 Å². The number of benzene rings is 1. The van der Waals surface area contributed by atoms with Crippen LogP contribution in [-0.2, 0) is 6.42 Å². The molecule has 0 aliphatic carbocycles. The van der Waals surface area contributed by atoms with E-state index < -0.39 is 6.04 Å². The standard InChI is InChI=1S/C15H21FO/c1-2-3-4-5-6-7-8-13-9-11-14(12-10-13)15(16)17/h9-12H,2-8H2,1H3. The summed E-state index contributed by atoms with van der Waals surface area (Å²) in [5.41, 5.74) is 1.34. The second-order valence-corrected chi connectivity index (χ2v) is 4.49. The van der Waals surface area contributed by atoms with Gasteiger partial charge in [0.15, 0.2) is 0 Å². The van der Waals surface area contributed by atoms with Gasteiger partial charge >= 0.3 is 6.04 Å². The van der Waals surface area contributed by atoms with E-state index in [1.165, 1.54) is 44.1 Å². The first-order valence-electron chi connectivity index (χ1n) is 6.53. The van der Waals surface area contributed by atoms with Crippen LogP contribution in [0.15, 0.2) is 24.3 Å². The molecule has 0 unspecified atom stereocenters. The Morgan fingerprint density at radius 1 is 1.00 bits per heavy atom. The van der Waals surface area contributed by atoms with E-state index in [0.717, 1.165) is 6.42 Å². The van der Waals surface area contributed by atoms with Gasteiger partial charge in [-0.15, -0.1) is 0 Å². The van der Waals surface area contributed by atoms with Gasteiger partial charge in [-0.1, -0.05) is 51.2 Å². The summed E-state index contributed by atoms with van der Waals surface area (Å²) >= 11 is 0. The Balaban J connectivity index is 2.21. The lowest BCUT2D eigenvalue weighted by Crippen LogP contribution is -1.91. The Labute approximate surface area is 103 Å². The predicted octanol–water partition coefficient (Wildman–Crippen LogP) is 4.70. The molecular weight excluding hydrogens is 215 g/mol. The molecule has 94 valence electrons. The Morgan fingerprint density at radius 2 is 1.59 bits per heavy atom. The highest BCUT2D eigenvalue weighted by atomic mass is 19.1. The van der Waals surface area contributed by atoms with Gasteiger partial charge in [-0.3, -0.25) is 4.79 Å². The number of aryl methyl sites for hydroxylation is 1. The zero-order valence-electron chi connectivity index (χ0n) is 10.5. The van der Waals surface area contributed by atoms with E-state index in [2.05, 4.69) is 6.92 Å². The Morgan fingerprint density at radius 3 is 2.18 bits per heavy atom. The van der Waals surface area contributed by atoms with E-state index in [4.69, 9.17) is 0 Å². The van der Waals surface area contributed by atoms with Crippen LogP contribution in [0.1, 0.15) is 61.4 Å². The Bertz CT molecular complexity index is 329. The molecule has 0 aliphatic heterocycles. The van der Waals surface area contributed by atoms with Gasteiger partial charge in [0.2, 0.25) is 0 Å². The molecule has 0 fully saturated rings. The van der Waals surface area contributed by atoms with Gasteiger partial charge in [0.1, 0.15) is 0 Å². The smallest absolute Gasteiger partial charge is 0.255 e. The molecule has 1 nitrogen and oxygen atoms in total. The van der Waals surface area contributed by atoms with Crippen LogP contribution in [0.2, 0.25) is 0 Å². The highest BCUT2D eigenvalue weighted by Crippen LogP contribution is 2.11. The van der Waals surface area contributed by atoms with Gasteiger partial charge in [-0.25, -0.2) is 0 Å². The first-order chi connectivity index (χ1) is 8.24. The maximum atomic E-state index is 12.4. The van der Waals surface area contributed by atoms with Gasteiger partial charge in [0.25, 0.3) is 0 Å². The molecule has 0 saturated carbocycles. The second kappa shape index (κ2) is 7.99. The van der Waals surface area contributed by atoms with Crippen LogP contribution in [0.25, 0.3) is 0 Å². The molecule has 2 heteroatoms. The van der Waals surface area contributed by atoms with Crippen molar-refractivity contribution in [1.29, 1.82) is 0 Å². The molecule has 0 heterocycles. The summed E-state index contributed by atoms with van der Waals surface area (Å²) in [5, 5.41) is 0.